The highest BCUT2D eigenvalue weighted by atomic mass is 16.4. The first kappa shape index (κ1) is 11.5. The topological polar surface area (TPSA) is 62.2 Å². The van der Waals surface area contributed by atoms with Gasteiger partial charge >= 0.3 is 5.97 Å². The molecule has 0 atom stereocenters. The van der Waals surface area contributed by atoms with E-state index >= 15 is 0 Å². The molecule has 0 saturated heterocycles. The van der Waals surface area contributed by atoms with Gasteiger partial charge in [-0.3, -0.25) is 0 Å². The van der Waals surface area contributed by atoms with Gasteiger partial charge in [-0.1, -0.05) is 0 Å². The number of aryl methyl sites for hydroxylation is 1. The number of aromatic carboxylic acids is 1. The third-order valence-electron chi connectivity index (χ3n) is 1.76. The van der Waals surface area contributed by atoms with E-state index in [4.69, 9.17) is 5.11 Å². The lowest BCUT2D eigenvalue weighted by molar-refractivity contribution is 0.0697. The van der Waals surface area contributed by atoms with Crippen LogP contribution >= 0.6 is 0 Å². The fourth-order valence-corrected chi connectivity index (χ4v) is 1.18. The number of carboxylic acids is 1. The number of carbonyl (C=O) groups is 1. The summed E-state index contributed by atoms with van der Waals surface area (Å²) in [6.07, 6.45) is 0. The Balaban J connectivity index is 3.13. The van der Waals surface area contributed by atoms with Crippen molar-refractivity contribution in [2.45, 2.75) is 33.2 Å². The number of pyridine rings is 1. The van der Waals surface area contributed by atoms with Crippen LogP contribution in [0.4, 0.5) is 5.82 Å². The number of rotatable bonds is 2. The number of hydrogen-bond acceptors (Lipinski definition) is 3. The minimum Gasteiger partial charge on any atom is -0.478 e. The quantitative estimate of drug-likeness (QED) is 0.782. The molecule has 0 aromatic carbocycles. The average molecular weight is 208 g/mol. The highest BCUT2D eigenvalue weighted by molar-refractivity contribution is 5.93. The molecule has 1 aromatic heterocycles. The fourth-order valence-electron chi connectivity index (χ4n) is 1.18. The largest absolute Gasteiger partial charge is 0.478 e. The first-order chi connectivity index (χ1) is 6.79. The van der Waals surface area contributed by atoms with Crippen molar-refractivity contribution in [3.8, 4) is 0 Å². The lowest BCUT2D eigenvalue weighted by Gasteiger charge is -2.22. The number of carboxylic acid groups (broad SMARTS) is 1. The van der Waals surface area contributed by atoms with Gasteiger partial charge in [-0.2, -0.15) is 0 Å². The minimum absolute atomic E-state index is 0.203. The summed E-state index contributed by atoms with van der Waals surface area (Å²) in [4.78, 5) is 15.1. The van der Waals surface area contributed by atoms with Gasteiger partial charge in [0.1, 0.15) is 11.4 Å². The molecule has 4 heteroatoms. The van der Waals surface area contributed by atoms with Crippen LogP contribution in [0.5, 0.6) is 0 Å². The highest BCUT2D eigenvalue weighted by Crippen LogP contribution is 2.18. The van der Waals surface area contributed by atoms with Crippen molar-refractivity contribution >= 4 is 11.8 Å². The molecule has 0 fully saturated rings. The molecule has 0 aliphatic carbocycles. The van der Waals surface area contributed by atoms with E-state index in [0.29, 0.717) is 5.82 Å². The summed E-state index contributed by atoms with van der Waals surface area (Å²) >= 11 is 0. The van der Waals surface area contributed by atoms with Gasteiger partial charge in [0.2, 0.25) is 0 Å². The second-order valence-electron chi connectivity index (χ2n) is 4.53. The van der Waals surface area contributed by atoms with E-state index in [0.717, 1.165) is 5.69 Å². The maximum atomic E-state index is 10.9. The van der Waals surface area contributed by atoms with Gasteiger partial charge in [0, 0.05) is 11.2 Å². The van der Waals surface area contributed by atoms with Crippen LogP contribution in [0, 0.1) is 6.92 Å². The number of anilines is 1. The summed E-state index contributed by atoms with van der Waals surface area (Å²) in [6, 6.07) is 3.26. The number of nitrogens with one attached hydrogen (secondary N) is 1. The second kappa shape index (κ2) is 3.88. The Morgan fingerprint density at radius 2 is 2.00 bits per heavy atom. The van der Waals surface area contributed by atoms with Crippen molar-refractivity contribution in [1.82, 2.24) is 4.98 Å². The number of aromatic nitrogens is 1. The molecule has 1 heterocycles. The minimum atomic E-state index is -0.964. The van der Waals surface area contributed by atoms with Crippen LogP contribution in [0.25, 0.3) is 0 Å². The summed E-state index contributed by atoms with van der Waals surface area (Å²) in [7, 11) is 0. The van der Waals surface area contributed by atoms with Crippen LogP contribution in [-0.4, -0.2) is 21.6 Å². The van der Waals surface area contributed by atoms with Crippen molar-refractivity contribution in [2.24, 2.45) is 0 Å². The molecule has 0 saturated carbocycles. The van der Waals surface area contributed by atoms with Crippen molar-refractivity contribution in [2.75, 3.05) is 5.32 Å². The van der Waals surface area contributed by atoms with Gasteiger partial charge in [-0.25, -0.2) is 9.78 Å². The molecule has 0 radical (unpaired) electrons. The van der Waals surface area contributed by atoms with Crippen molar-refractivity contribution < 1.29 is 9.90 Å². The Hall–Kier alpha value is -1.58. The monoisotopic (exact) mass is 208 g/mol. The van der Waals surface area contributed by atoms with Crippen LogP contribution in [0.2, 0.25) is 0 Å². The summed E-state index contributed by atoms with van der Waals surface area (Å²) in [5.74, 6) is -0.538. The van der Waals surface area contributed by atoms with E-state index < -0.39 is 5.97 Å². The van der Waals surface area contributed by atoms with Crippen LogP contribution in [0.15, 0.2) is 12.1 Å². The molecular weight excluding hydrogens is 192 g/mol. The van der Waals surface area contributed by atoms with E-state index in [9.17, 15) is 4.79 Å². The lowest BCUT2D eigenvalue weighted by Crippen LogP contribution is -2.28. The Bertz CT molecular complexity index is 381. The van der Waals surface area contributed by atoms with Crippen molar-refractivity contribution in [3.63, 3.8) is 0 Å². The molecular formula is C11H16N2O2. The molecule has 2 N–H and O–H groups in total. The van der Waals surface area contributed by atoms with E-state index in [-0.39, 0.29) is 11.1 Å². The Kier molecular flexibility index (Phi) is 2.98. The first-order valence-electron chi connectivity index (χ1n) is 4.79. The molecule has 0 bridgehead atoms. The highest BCUT2D eigenvalue weighted by Gasteiger charge is 2.16. The first-order valence-corrected chi connectivity index (χ1v) is 4.79. The molecule has 0 unspecified atom stereocenters. The molecule has 82 valence electrons. The summed E-state index contributed by atoms with van der Waals surface area (Å²) in [5.41, 5.74) is 0.799. The van der Waals surface area contributed by atoms with Crippen LogP contribution in [0.3, 0.4) is 0 Å². The summed E-state index contributed by atoms with van der Waals surface area (Å²) < 4.78 is 0. The predicted octanol–water partition coefficient (Wildman–Crippen LogP) is 2.30. The normalized spacial score (nSPS) is 11.2. The Morgan fingerprint density at radius 3 is 2.47 bits per heavy atom. The Labute approximate surface area is 89.3 Å². The van der Waals surface area contributed by atoms with Gasteiger partial charge in [-0.15, -0.1) is 0 Å². The summed E-state index contributed by atoms with van der Waals surface area (Å²) in [6.45, 7) is 7.72. The second-order valence-corrected chi connectivity index (χ2v) is 4.53. The zero-order valence-electron chi connectivity index (χ0n) is 9.46. The van der Waals surface area contributed by atoms with Gasteiger partial charge < -0.3 is 10.4 Å². The SMILES string of the molecule is Cc1ccc(C(=O)O)c(NC(C)(C)C)n1. The van der Waals surface area contributed by atoms with Gasteiger partial charge in [0.25, 0.3) is 0 Å². The average Bonchev–Trinajstić information content (AvgIpc) is 1.99. The zero-order chi connectivity index (χ0) is 11.6. The molecule has 4 nitrogen and oxygen atoms in total. The zero-order valence-corrected chi connectivity index (χ0v) is 9.46. The molecule has 1 aromatic rings. The van der Waals surface area contributed by atoms with Crippen molar-refractivity contribution in [3.05, 3.63) is 23.4 Å². The van der Waals surface area contributed by atoms with Crippen LogP contribution in [0.1, 0.15) is 36.8 Å². The van der Waals surface area contributed by atoms with E-state index in [1.807, 2.05) is 27.7 Å². The maximum Gasteiger partial charge on any atom is 0.339 e. The van der Waals surface area contributed by atoms with Gasteiger partial charge in [0.15, 0.2) is 0 Å². The van der Waals surface area contributed by atoms with Crippen LogP contribution < -0.4 is 5.32 Å². The molecule has 0 spiro atoms. The van der Waals surface area contributed by atoms with Gasteiger partial charge in [0.05, 0.1) is 0 Å². The lowest BCUT2D eigenvalue weighted by atomic mass is 10.1. The molecule has 15 heavy (non-hydrogen) atoms. The number of hydrogen-bond donors (Lipinski definition) is 2. The van der Waals surface area contributed by atoms with Crippen LogP contribution in [-0.2, 0) is 0 Å². The third kappa shape index (κ3) is 3.23. The van der Waals surface area contributed by atoms with Crippen molar-refractivity contribution in [1.29, 1.82) is 0 Å². The van der Waals surface area contributed by atoms with E-state index in [1.165, 1.54) is 0 Å². The van der Waals surface area contributed by atoms with Gasteiger partial charge in [-0.05, 0) is 39.8 Å². The molecule has 1 rings (SSSR count). The standard InChI is InChI=1S/C11H16N2O2/c1-7-5-6-8(10(14)15)9(12-7)13-11(2,3)4/h5-6H,1-4H3,(H,12,13)(H,14,15). The summed E-state index contributed by atoms with van der Waals surface area (Å²) in [5, 5.41) is 12.1. The third-order valence-corrected chi connectivity index (χ3v) is 1.76. The predicted molar refractivity (Wildman–Crippen MR) is 59.3 cm³/mol. The smallest absolute Gasteiger partial charge is 0.339 e. The molecule has 0 amide bonds. The molecule has 0 aliphatic rings. The van der Waals surface area contributed by atoms with E-state index in [2.05, 4.69) is 10.3 Å². The number of nitrogens with zero attached hydrogens (tertiary/aromatic N) is 1. The fraction of sp³-hybridized carbons (Fsp3) is 0.455. The Morgan fingerprint density at radius 1 is 1.40 bits per heavy atom. The molecule has 0 aliphatic heterocycles. The van der Waals surface area contributed by atoms with E-state index in [1.54, 1.807) is 12.1 Å². The maximum absolute atomic E-state index is 10.9.